The van der Waals surface area contributed by atoms with Crippen molar-refractivity contribution < 1.29 is 4.74 Å². The Kier molecular flexibility index (Phi) is 4.25. The molecule has 0 bridgehead atoms. The van der Waals surface area contributed by atoms with Crippen LogP contribution < -0.4 is 15.2 Å². The average Bonchev–Trinajstić information content (AvgIpc) is 2.82. The van der Waals surface area contributed by atoms with E-state index in [0.717, 1.165) is 55.1 Å². The topological polar surface area (TPSA) is 61.5 Å². The van der Waals surface area contributed by atoms with Gasteiger partial charge in [0.1, 0.15) is 17.2 Å². The van der Waals surface area contributed by atoms with Crippen molar-refractivity contribution in [2.45, 2.75) is 6.54 Å². The Labute approximate surface area is 179 Å². The maximum absolute atomic E-state index is 12.2. The Hall–Kier alpha value is -3.64. The molecule has 1 N–H and O–H groups in total. The standard InChI is InChI=1S/C25H22N4O2/c30-25-19-7-4-8-22-23(19)24(26-27-25)20-15-17(9-10-21(20)31-22)16-28-11-13-29(14-12-28)18-5-2-1-3-6-18/h1-10,15H,11-14,16H2,(H,27,30). The molecule has 2 aliphatic rings. The number of benzene rings is 3. The Bertz CT molecular complexity index is 1320. The minimum absolute atomic E-state index is 0.194. The highest BCUT2D eigenvalue weighted by Gasteiger charge is 2.24. The fraction of sp³-hybridized carbons (Fsp3) is 0.200. The van der Waals surface area contributed by atoms with Gasteiger partial charge >= 0.3 is 0 Å². The van der Waals surface area contributed by atoms with Crippen LogP contribution in [0.5, 0.6) is 11.5 Å². The third-order valence-corrected chi connectivity index (χ3v) is 6.20. The Balaban J connectivity index is 1.25. The van der Waals surface area contributed by atoms with Crippen LogP contribution in [0.4, 0.5) is 5.69 Å². The van der Waals surface area contributed by atoms with Gasteiger partial charge in [0.2, 0.25) is 0 Å². The predicted octanol–water partition coefficient (Wildman–Crippen LogP) is 4.02. The van der Waals surface area contributed by atoms with E-state index in [0.29, 0.717) is 11.1 Å². The fourth-order valence-electron chi connectivity index (χ4n) is 4.60. The van der Waals surface area contributed by atoms with Gasteiger partial charge in [0.05, 0.1) is 10.8 Å². The molecule has 3 aromatic carbocycles. The highest BCUT2D eigenvalue weighted by molar-refractivity contribution is 6.01. The average molecular weight is 410 g/mol. The van der Waals surface area contributed by atoms with E-state index in [1.54, 1.807) is 0 Å². The minimum Gasteiger partial charge on any atom is -0.456 e. The number of nitrogens with zero attached hydrogens (tertiary/aromatic N) is 3. The maximum Gasteiger partial charge on any atom is 0.272 e. The number of anilines is 1. The van der Waals surface area contributed by atoms with E-state index >= 15 is 0 Å². The number of para-hydroxylation sites is 1. The molecule has 2 aliphatic heterocycles. The molecule has 0 saturated carbocycles. The number of hydrogen-bond donors (Lipinski definition) is 1. The van der Waals surface area contributed by atoms with Gasteiger partial charge in [0.15, 0.2) is 0 Å². The summed E-state index contributed by atoms with van der Waals surface area (Å²) in [5.41, 5.74) is 4.03. The third kappa shape index (κ3) is 3.16. The molecule has 31 heavy (non-hydrogen) atoms. The molecule has 1 fully saturated rings. The van der Waals surface area contributed by atoms with Crippen LogP contribution in [0.1, 0.15) is 5.56 Å². The van der Waals surface area contributed by atoms with E-state index in [-0.39, 0.29) is 5.56 Å². The van der Waals surface area contributed by atoms with Crippen LogP contribution in [-0.2, 0) is 6.54 Å². The van der Waals surface area contributed by atoms with Crippen molar-refractivity contribution in [1.82, 2.24) is 15.1 Å². The van der Waals surface area contributed by atoms with Crippen molar-refractivity contribution in [3.05, 3.63) is 82.6 Å². The van der Waals surface area contributed by atoms with Crippen molar-refractivity contribution in [2.24, 2.45) is 0 Å². The van der Waals surface area contributed by atoms with Crippen LogP contribution in [0.15, 0.2) is 71.5 Å². The zero-order chi connectivity index (χ0) is 20.8. The molecule has 0 atom stereocenters. The molecule has 6 nitrogen and oxygen atoms in total. The number of aromatic amines is 1. The van der Waals surface area contributed by atoms with Crippen LogP contribution in [0, 0.1) is 0 Å². The van der Waals surface area contributed by atoms with Crippen molar-refractivity contribution in [3.8, 4) is 22.8 Å². The normalized spacial score (nSPS) is 15.5. The smallest absolute Gasteiger partial charge is 0.272 e. The SMILES string of the molecule is O=c1[nH]nc2c3c(cccc13)Oc1ccc(CN3CCN(c4ccccc4)CC3)cc1-2. The highest BCUT2D eigenvalue weighted by Crippen LogP contribution is 2.44. The maximum atomic E-state index is 12.2. The van der Waals surface area contributed by atoms with Crippen LogP contribution in [0.3, 0.4) is 0 Å². The lowest BCUT2D eigenvalue weighted by atomic mass is 9.99. The molecule has 6 rings (SSSR count). The first-order chi connectivity index (χ1) is 15.3. The van der Waals surface area contributed by atoms with Crippen LogP contribution in [0.2, 0.25) is 0 Å². The van der Waals surface area contributed by atoms with Gasteiger partial charge in [0.25, 0.3) is 5.56 Å². The first-order valence-corrected chi connectivity index (χ1v) is 10.6. The van der Waals surface area contributed by atoms with E-state index < -0.39 is 0 Å². The van der Waals surface area contributed by atoms with Gasteiger partial charge in [-0.15, -0.1) is 0 Å². The van der Waals surface area contributed by atoms with Gasteiger partial charge in [-0.3, -0.25) is 9.69 Å². The highest BCUT2D eigenvalue weighted by atomic mass is 16.5. The van der Waals surface area contributed by atoms with E-state index in [1.807, 2.05) is 24.3 Å². The largest absolute Gasteiger partial charge is 0.456 e. The van der Waals surface area contributed by atoms with E-state index in [4.69, 9.17) is 4.74 Å². The third-order valence-electron chi connectivity index (χ3n) is 6.20. The molecule has 0 aliphatic carbocycles. The molecular formula is C25H22N4O2. The number of aromatic nitrogens is 2. The zero-order valence-electron chi connectivity index (χ0n) is 17.0. The molecule has 1 aromatic heterocycles. The van der Waals surface area contributed by atoms with Gasteiger partial charge in [-0.2, -0.15) is 5.10 Å². The monoisotopic (exact) mass is 410 g/mol. The number of piperazine rings is 1. The molecule has 4 aromatic rings. The number of nitrogens with one attached hydrogen (secondary N) is 1. The van der Waals surface area contributed by atoms with Crippen molar-refractivity contribution in [2.75, 3.05) is 31.1 Å². The summed E-state index contributed by atoms with van der Waals surface area (Å²) in [5.74, 6) is 1.46. The molecule has 3 heterocycles. The van der Waals surface area contributed by atoms with Gasteiger partial charge in [0, 0.05) is 44.0 Å². The molecule has 0 amide bonds. The van der Waals surface area contributed by atoms with Crippen LogP contribution >= 0.6 is 0 Å². The Morgan fingerprint density at radius 1 is 0.903 bits per heavy atom. The van der Waals surface area contributed by atoms with E-state index in [9.17, 15) is 4.79 Å². The van der Waals surface area contributed by atoms with Crippen LogP contribution in [-0.4, -0.2) is 41.3 Å². The molecular weight excluding hydrogens is 388 g/mol. The second-order valence-corrected chi connectivity index (χ2v) is 8.11. The lowest BCUT2D eigenvalue weighted by Crippen LogP contribution is -2.45. The number of fused-ring (bicyclic) bond motifs is 2. The van der Waals surface area contributed by atoms with Gasteiger partial charge in [-0.25, -0.2) is 5.10 Å². The second-order valence-electron chi connectivity index (χ2n) is 8.11. The summed E-state index contributed by atoms with van der Waals surface area (Å²) in [6.07, 6.45) is 0. The number of H-pyrrole nitrogens is 1. The second kappa shape index (κ2) is 7.25. The molecule has 154 valence electrons. The fourth-order valence-corrected chi connectivity index (χ4v) is 4.60. The van der Waals surface area contributed by atoms with Crippen molar-refractivity contribution in [1.29, 1.82) is 0 Å². The van der Waals surface area contributed by atoms with Gasteiger partial charge in [-0.1, -0.05) is 30.3 Å². The summed E-state index contributed by atoms with van der Waals surface area (Å²) < 4.78 is 6.10. The van der Waals surface area contributed by atoms with Crippen molar-refractivity contribution in [3.63, 3.8) is 0 Å². The molecule has 1 saturated heterocycles. The summed E-state index contributed by atoms with van der Waals surface area (Å²) in [5, 5.41) is 8.40. The van der Waals surface area contributed by atoms with E-state index in [2.05, 4.69) is 62.5 Å². The lowest BCUT2D eigenvalue weighted by Gasteiger charge is -2.36. The Morgan fingerprint density at radius 3 is 2.58 bits per heavy atom. The minimum atomic E-state index is -0.194. The van der Waals surface area contributed by atoms with Crippen molar-refractivity contribution >= 4 is 16.5 Å². The molecule has 0 unspecified atom stereocenters. The number of ether oxygens (including phenoxy) is 1. The predicted molar refractivity (Wildman–Crippen MR) is 122 cm³/mol. The van der Waals surface area contributed by atoms with Gasteiger partial charge < -0.3 is 9.64 Å². The summed E-state index contributed by atoms with van der Waals surface area (Å²) in [6, 6.07) is 22.4. The summed E-state index contributed by atoms with van der Waals surface area (Å²) >= 11 is 0. The summed E-state index contributed by atoms with van der Waals surface area (Å²) in [4.78, 5) is 17.1. The number of hydrogen-bond acceptors (Lipinski definition) is 5. The molecule has 0 radical (unpaired) electrons. The van der Waals surface area contributed by atoms with Crippen LogP contribution in [0.25, 0.3) is 22.0 Å². The quantitative estimate of drug-likeness (QED) is 0.487. The molecule has 6 heteroatoms. The molecule has 0 spiro atoms. The van der Waals surface area contributed by atoms with Gasteiger partial charge in [-0.05, 0) is 42.0 Å². The number of rotatable bonds is 3. The zero-order valence-corrected chi connectivity index (χ0v) is 17.0. The summed E-state index contributed by atoms with van der Waals surface area (Å²) in [6.45, 7) is 4.96. The first kappa shape index (κ1) is 18.2. The lowest BCUT2D eigenvalue weighted by molar-refractivity contribution is 0.250. The van der Waals surface area contributed by atoms with E-state index in [1.165, 1.54) is 11.3 Å². The first-order valence-electron chi connectivity index (χ1n) is 10.6. The summed E-state index contributed by atoms with van der Waals surface area (Å²) in [7, 11) is 0. The Morgan fingerprint density at radius 2 is 1.74 bits per heavy atom.